The first-order chi connectivity index (χ1) is 17.1. The van der Waals surface area contributed by atoms with Crippen molar-refractivity contribution in [3.63, 3.8) is 0 Å². The number of piperidine rings is 1. The summed E-state index contributed by atoms with van der Waals surface area (Å²) in [4.78, 5) is 29.6. The monoisotopic (exact) mass is 488 g/mol. The highest BCUT2D eigenvalue weighted by atomic mass is 32.1. The standard InChI is InChI=1S/C26H24N4O4S/c1-16-20-14-23(35-26(20)30(28-16)19-5-3-2-4-6-19)25(32)29-11-9-17(10-12-29)24(31)27-18-7-8-21-22(13-18)34-15-33-21/h2-8,13-14,17H,9-12,15H2,1H3,(H,27,31). The van der Waals surface area contributed by atoms with Crippen LogP contribution in [0.5, 0.6) is 11.5 Å². The lowest BCUT2D eigenvalue weighted by atomic mass is 9.95. The molecule has 1 saturated heterocycles. The van der Waals surface area contributed by atoms with Gasteiger partial charge in [-0.25, -0.2) is 4.68 Å². The molecule has 178 valence electrons. The number of amides is 2. The third kappa shape index (κ3) is 4.01. The van der Waals surface area contributed by atoms with Gasteiger partial charge in [-0.2, -0.15) is 5.10 Å². The van der Waals surface area contributed by atoms with Crippen LogP contribution in [0.1, 0.15) is 28.2 Å². The van der Waals surface area contributed by atoms with E-state index in [1.807, 2.05) is 59.0 Å². The molecule has 0 aliphatic carbocycles. The molecule has 0 atom stereocenters. The number of rotatable bonds is 4. The summed E-state index contributed by atoms with van der Waals surface area (Å²) in [6, 6.07) is 17.3. The van der Waals surface area contributed by atoms with Crippen LogP contribution in [-0.2, 0) is 4.79 Å². The fourth-order valence-corrected chi connectivity index (χ4v) is 5.77. The first-order valence-electron chi connectivity index (χ1n) is 11.6. The molecule has 1 fully saturated rings. The quantitative estimate of drug-likeness (QED) is 0.453. The van der Waals surface area contributed by atoms with Gasteiger partial charge in [-0.15, -0.1) is 11.3 Å². The molecule has 0 spiro atoms. The second kappa shape index (κ2) is 8.74. The van der Waals surface area contributed by atoms with Crippen LogP contribution in [0, 0.1) is 12.8 Å². The van der Waals surface area contributed by atoms with Crippen molar-refractivity contribution in [3.05, 3.63) is 65.2 Å². The molecule has 35 heavy (non-hydrogen) atoms. The van der Waals surface area contributed by atoms with Crippen LogP contribution in [0.25, 0.3) is 15.9 Å². The molecule has 1 N–H and O–H groups in total. The van der Waals surface area contributed by atoms with E-state index in [0.717, 1.165) is 21.6 Å². The van der Waals surface area contributed by atoms with E-state index < -0.39 is 0 Å². The van der Waals surface area contributed by atoms with Gasteiger partial charge in [0.05, 0.1) is 16.3 Å². The van der Waals surface area contributed by atoms with E-state index in [2.05, 4.69) is 10.4 Å². The Kier molecular flexibility index (Phi) is 5.41. The summed E-state index contributed by atoms with van der Waals surface area (Å²) in [6.45, 7) is 3.27. The summed E-state index contributed by atoms with van der Waals surface area (Å²) in [5, 5.41) is 8.63. The van der Waals surface area contributed by atoms with E-state index in [1.54, 1.807) is 12.1 Å². The molecule has 2 aliphatic rings. The largest absolute Gasteiger partial charge is 0.454 e. The molecular formula is C26H24N4O4S. The van der Waals surface area contributed by atoms with E-state index >= 15 is 0 Å². The van der Waals surface area contributed by atoms with E-state index in [4.69, 9.17) is 9.47 Å². The second-order valence-corrected chi connectivity index (χ2v) is 9.82. The minimum absolute atomic E-state index is 0.0137. The maximum absolute atomic E-state index is 13.3. The van der Waals surface area contributed by atoms with Crippen molar-refractivity contribution < 1.29 is 19.1 Å². The van der Waals surface area contributed by atoms with E-state index in [0.29, 0.717) is 48.0 Å². The molecule has 0 saturated carbocycles. The van der Waals surface area contributed by atoms with Crippen LogP contribution in [0.3, 0.4) is 0 Å². The molecule has 0 unspecified atom stereocenters. The molecule has 0 radical (unpaired) electrons. The van der Waals surface area contributed by atoms with Crippen molar-refractivity contribution in [2.45, 2.75) is 19.8 Å². The molecule has 2 aromatic carbocycles. The normalized spacial score (nSPS) is 15.5. The summed E-state index contributed by atoms with van der Waals surface area (Å²) in [5.41, 5.74) is 2.56. The highest BCUT2D eigenvalue weighted by Crippen LogP contribution is 2.35. The molecule has 2 amide bonds. The topological polar surface area (TPSA) is 85.7 Å². The molecule has 4 aromatic rings. The number of fused-ring (bicyclic) bond motifs is 2. The Balaban J connectivity index is 1.12. The van der Waals surface area contributed by atoms with Crippen LogP contribution in [-0.4, -0.2) is 46.4 Å². The van der Waals surface area contributed by atoms with Crippen molar-refractivity contribution in [2.75, 3.05) is 25.2 Å². The lowest BCUT2D eigenvalue weighted by Gasteiger charge is -2.31. The Morgan fingerprint density at radius 3 is 2.60 bits per heavy atom. The lowest BCUT2D eigenvalue weighted by molar-refractivity contribution is -0.121. The van der Waals surface area contributed by atoms with E-state index in [9.17, 15) is 9.59 Å². The molecule has 2 aromatic heterocycles. The van der Waals surface area contributed by atoms with Crippen molar-refractivity contribution in [3.8, 4) is 17.2 Å². The zero-order chi connectivity index (χ0) is 23.9. The van der Waals surface area contributed by atoms with Gasteiger partial charge >= 0.3 is 0 Å². The number of anilines is 1. The van der Waals surface area contributed by atoms with E-state index in [-0.39, 0.29) is 24.5 Å². The smallest absolute Gasteiger partial charge is 0.264 e. The van der Waals surface area contributed by atoms with Crippen molar-refractivity contribution in [2.24, 2.45) is 5.92 Å². The molecule has 6 rings (SSSR count). The maximum atomic E-state index is 13.3. The summed E-state index contributed by atoms with van der Waals surface area (Å²) in [7, 11) is 0. The summed E-state index contributed by atoms with van der Waals surface area (Å²) in [6.07, 6.45) is 1.26. The lowest BCUT2D eigenvalue weighted by Crippen LogP contribution is -2.41. The highest BCUT2D eigenvalue weighted by molar-refractivity contribution is 7.20. The Bertz CT molecular complexity index is 1420. The van der Waals surface area contributed by atoms with Gasteiger partial charge in [0.2, 0.25) is 12.7 Å². The van der Waals surface area contributed by atoms with Gasteiger partial charge < -0.3 is 19.7 Å². The third-order valence-corrected chi connectivity index (χ3v) is 7.65. The number of aromatic nitrogens is 2. The molecule has 2 aliphatic heterocycles. The first kappa shape index (κ1) is 21.7. The molecule has 4 heterocycles. The van der Waals surface area contributed by atoms with Crippen LogP contribution < -0.4 is 14.8 Å². The molecular weight excluding hydrogens is 464 g/mol. The number of benzene rings is 2. The zero-order valence-corrected chi connectivity index (χ0v) is 20.0. The molecule has 9 heteroatoms. The van der Waals surface area contributed by atoms with Crippen molar-refractivity contribution in [1.82, 2.24) is 14.7 Å². The number of likely N-dealkylation sites (tertiary alicyclic amines) is 1. The fraction of sp³-hybridized carbons (Fsp3) is 0.269. The Morgan fingerprint density at radius 1 is 1.03 bits per heavy atom. The second-order valence-electron chi connectivity index (χ2n) is 8.79. The van der Waals surface area contributed by atoms with Gasteiger partial charge in [-0.1, -0.05) is 18.2 Å². The molecule has 0 bridgehead atoms. The van der Waals surface area contributed by atoms with Crippen molar-refractivity contribution in [1.29, 1.82) is 0 Å². The number of hydrogen-bond donors (Lipinski definition) is 1. The van der Waals surface area contributed by atoms with Gasteiger partial charge in [0.15, 0.2) is 11.5 Å². The van der Waals surface area contributed by atoms with Gasteiger partial charge in [-0.05, 0) is 50.1 Å². The number of hydrogen-bond acceptors (Lipinski definition) is 6. The van der Waals surface area contributed by atoms with Gasteiger partial charge in [0, 0.05) is 36.1 Å². The number of nitrogens with zero attached hydrogens (tertiary/aromatic N) is 3. The number of carbonyl (C=O) groups is 2. The van der Waals surface area contributed by atoms with Crippen LogP contribution in [0.4, 0.5) is 5.69 Å². The number of aryl methyl sites for hydroxylation is 1. The SMILES string of the molecule is Cc1nn(-c2ccccc2)c2sc(C(=O)N3CCC(C(=O)Nc4ccc5c(c4)OCO5)CC3)cc12. The number of nitrogens with one attached hydrogen (secondary N) is 1. The maximum Gasteiger partial charge on any atom is 0.264 e. The van der Waals surface area contributed by atoms with Gasteiger partial charge in [0.25, 0.3) is 5.91 Å². The van der Waals surface area contributed by atoms with Gasteiger partial charge in [-0.3, -0.25) is 9.59 Å². The van der Waals surface area contributed by atoms with E-state index in [1.165, 1.54) is 11.3 Å². The third-order valence-electron chi connectivity index (χ3n) is 6.55. The van der Waals surface area contributed by atoms with Crippen LogP contribution >= 0.6 is 11.3 Å². The summed E-state index contributed by atoms with van der Waals surface area (Å²) in [5.74, 6) is 1.16. The average Bonchev–Trinajstić information content (AvgIpc) is 3.60. The Morgan fingerprint density at radius 2 is 1.80 bits per heavy atom. The number of ether oxygens (including phenoxy) is 2. The minimum atomic E-state index is -0.138. The summed E-state index contributed by atoms with van der Waals surface area (Å²) < 4.78 is 12.6. The predicted molar refractivity (Wildman–Crippen MR) is 134 cm³/mol. The van der Waals surface area contributed by atoms with Crippen LogP contribution in [0.2, 0.25) is 0 Å². The number of thiophene rings is 1. The van der Waals surface area contributed by atoms with Crippen molar-refractivity contribution >= 4 is 39.1 Å². The van der Waals surface area contributed by atoms with Gasteiger partial charge in [0.1, 0.15) is 4.83 Å². The first-order valence-corrected chi connectivity index (χ1v) is 12.4. The zero-order valence-electron chi connectivity index (χ0n) is 19.2. The minimum Gasteiger partial charge on any atom is -0.454 e. The predicted octanol–water partition coefficient (Wildman–Crippen LogP) is 4.62. The number of carbonyl (C=O) groups excluding carboxylic acids is 2. The van der Waals surface area contributed by atoms with Crippen LogP contribution in [0.15, 0.2) is 54.6 Å². The highest BCUT2D eigenvalue weighted by Gasteiger charge is 2.29. The number of para-hydroxylation sites is 1. The summed E-state index contributed by atoms with van der Waals surface area (Å²) >= 11 is 1.47. The average molecular weight is 489 g/mol. The Labute approximate surface area is 206 Å². The Hall–Kier alpha value is -3.85. The molecule has 8 nitrogen and oxygen atoms in total. The fourth-order valence-electron chi connectivity index (χ4n) is 4.62.